The summed E-state index contributed by atoms with van der Waals surface area (Å²) in [5.41, 5.74) is 0.406. The molecular formula is C17H18O5. The predicted molar refractivity (Wildman–Crippen MR) is 81.7 cm³/mol. The Hall–Kier alpha value is -2.37. The van der Waals surface area contributed by atoms with Crippen LogP contribution < -0.4 is 9.47 Å². The number of para-hydroxylation sites is 2. The zero-order valence-corrected chi connectivity index (χ0v) is 12.4. The molecule has 0 N–H and O–H groups in total. The molecular weight excluding hydrogens is 284 g/mol. The van der Waals surface area contributed by atoms with E-state index in [-0.39, 0.29) is 6.79 Å². The van der Waals surface area contributed by atoms with Crippen LogP contribution in [-0.2, 0) is 9.47 Å². The number of carbonyl (C=O) groups excluding carboxylic acids is 1. The third-order valence-electron chi connectivity index (χ3n) is 2.83. The number of hydrogen-bond donors (Lipinski definition) is 0. The Morgan fingerprint density at radius 2 is 1.82 bits per heavy atom. The molecule has 0 aliphatic rings. The van der Waals surface area contributed by atoms with Gasteiger partial charge in [-0.3, -0.25) is 4.79 Å². The van der Waals surface area contributed by atoms with Crippen LogP contribution in [0.2, 0.25) is 0 Å². The predicted octanol–water partition coefficient (Wildman–Crippen LogP) is 3.29. The zero-order valence-electron chi connectivity index (χ0n) is 12.4. The van der Waals surface area contributed by atoms with Gasteiger partial charge in [-0.15, -0.1) is 0 Å². The van der Waals surface area contributed by atoms with Crippen LogP contribution in [-0.4, -0.2) is 33.4 Å². The molecule has 2 aromatic carbocycles. The van der Waals surface area contributed by atoms with E-state index < -0.39 is 0 Å². The van der Waals surface area contributed by atoms with Crippen LogP contribution in [0.15, 0.2) is 48.5 Å². The molecule has 0 radical (unpaired) electrons. The average Bonchev–Trinajstić information content (AvgIpc) is 2.56. The molecule has 0 spiro atoms. The summed E-state index contributed by atoms with van der Waals surface area (Å²) in [6.45, 7) is 0.903. The second kappa shape index (κ2) is 8.81. The Bertz CT molecular complexity index is 583. The fourth-order valence-corrected chi connectivity index (χ4v) is 1.78. The molecule has 0 saturated heterocycles. The quantitative estimate of drug-likeness (QED) is 0.404. The van der Waals surface area contributed by atoms with Gasteiger partial charge in [0, 0.05) is 7.11 Å². The fraction of sp³-hybridized carbons (Fsp3) is 0.235. The number of aldehydes is 1. The van der Waals surface area contributed by atoms with E-state index in [1.807, 2.05) is 30.3 Å². The summed E-state index contributed by atoms with van der Waals surface area (Å²) >= 11 is 0. The van der Waals surface area contributed by atoms with Crippen molar-refractivity contribution in [3.63, 3.8) is 0 Å². The average molecular weight is 302 g/mol. The number of hydrogen-bond acceptors (Lipinski definition) is 5. The van der Waals surface area contributed by atoms with Gasteiger partial charge in [0.2, 0.25) is 0 Å². The minimum absolute atomic E-state index is 0.0133. The topological polar surface area (TPSA) is 54.0 Å². The highest BCUT2D eigenvalue weighted by atomic mass is 16.7. The summed E-state index contributed by atoms with van der Waals surface area (Å²) in [5.74, 6) is 1.49. The van der Waals surface area contributed by atoms with E-state index in [4.69, 9.17) is 18.9 Å². The van der Waals surface area contributed by atoms with Crippen LogP contribution in [0.4, 0.5) is 0 Å². The fourth-order valence-electron chi connectivity index (χ4n) is 1.78. The van der Waals surface area contributed by atoms with Crippen LogP contribution >= 0.6 is 0 Å². The Morgan fingerprint density at radius 3 is 2.55 bits per heavy atom. The van der Waals surface area contributed by atoms with E-state index in [1.165, 1.54) is 0 Å². The smallest absolute Gasteiger partial charge is 0.189 e. The third-order valence-corrected chi connectivity index (χ3v) is 2.83. The van der Waals surface area contributed by atoms with Crippen molar-refractivity contribution in [3.8, 4) is 17.2 Å². The Morgan fingerprint density at radius 1 is 1.00 bits per heavy atom. The van der Waals surface area contributed by atoms with Crippen molar-refractivity contribution in [3.05, 3.63) is 54.1 Å². The Labute approximate surface area is 129 Å². The molecule has 0 heterocycles. The van der Waals surface area contributed by atoms with Gasteiger partial charge in [-0.2, -0.15) is 0 Å². The molecule has 5 nitrogen and oxygen atoms in total. The lowest BCUT2D eigenvalue weighted by Crippen LogP contribution is -2.09. The van der Waals surface area contributed by atoms with Crippen LogP contribution in [0.25, 0.3) is 0 Å². The highest BCUT2D eigenvalue weighted by Gasteiger charge is 2.11. The maximum Gasteiger partial charge on any atom is 0.189 e. The monoisotopic (exact) mass is 302 g/mol. The van der Waals surface area contributed by atoms with Crippen LogP contribution in [0.3, 0.4) is 0 Å². The molecule has 2 aromatic rings. The molecule has 116 valence electrons. The van der Waals surface area contributed by atoms with Gasteiger partial charge in [0.05, 0.1) is 18.8 Å². The van der Waals surface area contributed by atoms with Gasteiger partial charge in [-0.05, 0) is 24.3 Å². The molecule has 0 aliphatic carbocycles. The van der Waals surface area contributed by atoms with Crippen molar-refractivity contribution in [2.45, 2.75) is 0 Å². The van der Waals surface area contributed by atoms with Crippen molar-refractivity contribution in [1.29, 1.82) is 0 Å². The number of ether oxygens (including phenoxy) is 4. The number of rotatable bonds is 9. The van der Waals surface area contributed by atoms with E-state index in [1.54, 1.807) is 25.3 Å². The molecule has 0 fully saturated rings. The highest BCUT2D eigenvalue weighted by Crippen LogP contribution is 2.34. The molecule has 0 aliphatic heterocycles. The van der Waals surface area contributed by atoms with Gasteiger partial charge in [-0.1, -0.05) is 24.3 Å². The van der Waals surface area contributed by atoms with E-state index in [9.17, 15) is 4.79 Å². The first-order chi connectivity index (χ1) is 10.8. The first-order valence-corrected chi connectivity index (χ1v) is 6.85. The molecule has 2 rings (SSSR count). The number of carbonyl (C=O) groups is 1. The second-order valence-corrected chi connectivity index (χ2v) is 4.37. The standard InChI is InChI=1S/C17H18O5/c1-19-10-11-20-13-21-17-14(12-18)6-5-9-16(17)22-15-7-3-2-4-8-15/h2-9,12H,10-11,13H2,1H3. The summed E-state index contributed by atoms with van der Waals surface area (Å²) in [6.07, 6.45) is 0.725. The Balaban J connectivity index is 2.09. The van der Waals surface area contributed by atoms with Crippen LogP contribution in [0, 0.1) is 0 Å². The summed E-state index contributed by atoms with van der Waals surface area (Å²) in [4.78, 5) is 11.2. The normalized spacial score (nSPS) is 10.2. The first-order valence-electron chi connectivity index (χ1n) is 6.85. The molecule has 0 amide bonds. The molecule has 0 bridgehead atoms. The number of methoxy groups -OCH3 is 1. The summed E-state index contributed by atoms with van der Waals surface area (Å²) in [7, 11) is 1.59. The SMILES string of the molecule is COCCOCOc1c(C=O)cccc1Oc1ccccc1. The highest BCUT2D eigenvalue weighted by molar-refractivity contribution is 5.81. The molecule has 0 unspecified atom stereocenters. The maximum absolute atomic E-state index is 11.2. The number of benzene rings is 2. The van der Waals surface area contributed by atoms with Crippen LogP contribution in [0.5, 0.6) is 17.2 Å². The van der Waals surface area contributed by atoms with E-state index in [0.29, 0.717) is 36.0 Å². The summed E-state index contributed by atoms with van der Waals surface area (Å²) in [5, 5.41) is 0. The van der Waals surface area contributed by atoms with Crippen molar-refractivity contribution >= 4 is 6.29 Å². The van der Waals surface area contributed by atoms with Crippen molar-refractivity contribution in [1.82, 2.24) is 0 Å². The molecule has 0 atom stereocenters. The van der Waals surface area contributed by atoms with E-state index >= 15 is 0 Å². The second-order valence-electron chi connectivity index (χ2n) is 4.37. The van der Waals surface area contributed by atoms with Crippen molar-refractivity contribution in [2.24, 2.45) is 0 Å². The minimum Gasteiger partial charge on any atom is -0.463 e. The van der Waals surface area contributed by atoms with Gasteiger partial charge in [0.15, 0.2) is 24.6 Å². The van der Waals surface area contributed by atoms with Crippen molar-refractivity contribution in [2.75, 3.05) is 27.1 Å². The third kappa shape index (κ3) is 4.58. The Kier molecular flexibility index (Phi) is 6.41. The van der Waals surface area contributed by atoms with E-state index in [0.717, 1.165) is 6.29 Å². The lowest BCUT2D eigenvalue weighted by atomic mass is 10.2. The summed E-state index contributed by atoms with van der Waals surface area (Å²) < 4.78 is 21.5. The van der Waals surface area contributed by atoms with Gasteiger partial charge in [0.1, 0.15) is 5.75 Å². The molecule has 0 aromatic heterocycles. The van der Waals surface area contributed by atoms with Gasteiger partial charge in [0.25, 0.3) is 0 Å². The van der Waals surface area contributed by atoms with Crippen molar-refractivity contribution < 1.29 is 23.7 Å². The molecule has 22 heavy (non-hydrogen) atoms. The largest absolute Gasteiger partial charge is 0.463 e. The first kappa shape index (κ1) is 16.0. The lowest BCUT2D eigenvalue weighted by Gasteiger charge is -2.14. The van der Waals surface area contributed by atoms with Gasteiger partial charge >= 0.3 is 0 Å². The van der Waals surface area contributed by atoms with E-state index in [2.05, 4.69) is 0 Å². The zero-order chi connectivity index (χ0) is 15.6. The van der Waals surface area contributed by atoms with Crippen LogP contribution in [0.1, 0.15) is 10.4 Å². The molecule has 5 heteroatoms. The van der Waals surface area contributed by atoms with Gasteiger partial charge in [-0.25, -0.2) is 0 Å². The lowest BCUT2D eigenvalue weighted by molar-refractivity contribution is -0.00949. The molecule has 0 saturated carbocycles. The van der Waals surface area contributed by atoms with Gasteiger partial charge < -0.3 is 18.9 Å². The maximum atomic E-state index is 11.2. The summed E-state index contributed by atoms with van der Waals surface area (Å²) in [6, 6.07) is 14.4. The minimum atomic E-state index is 0.0133.